The molecule has 0 aliphatic rings. The van der Waals surface area contributed by atoms with Gasteiger partial charge in [0.2, 0.25) is 0 Å². The van der Waals surface area contributed by atoms with Crippen LogP contribution >= 0.6 is 11.8 Å². The van der Waals surface area contributed by atoms with Gasteiger partial charge in [0.1, 0.15) is 12.6 Å². The Morgan fingerprint density at radius 2 is 1.62 bits per heavy atom. The number of unbranched alkanes of at least 4 members (excludes halogenated alkanes) is 7. The van der Waals surface area contributed by atoms with Crippen molar-refractivity contribution in [2.75, 3.05) is 18.6 Å². The van der Waals surface area contributed by atoms with Gasteiger partial charge in [0, 0.05) is 0 Å². The zero-order chi connectivity index (χ0) is 21.2. The van der Waals surface area contributed by atoms with Gasteiger partial charge in [0.05, 0.1) is 7.11 Å². The molecule has 0 spiro atoms. The van der Waals surface area contributed by atoms with Crippen molar-refractivity contribution in [2.45, 2.75) is 77.4 Å². The Morgan fingerprint density at radius 1 is 0.966 bits per heavy atom. The van der Waals surface area contributed by atoms with Gasteiger partial charge in [0.15, 0.2) is 0 Å². The van der Waals surface area contributed by atoms with E-state index >= 15 is 0 Å². The number of rotatable bonds is 16. The highest BCUT2D eigenvalue weighted by atomic mass is 32.2. The normalized spacial score (nSPS) is 11.7. The summed E-state index contributed by atoms with van der Waals surface area (Å²) in [5, 5.41) is 2.62. The number of carbonyl (C=O) groups is 2. The van der Waals surface area contributed by atoms with Gasteiger partial charge in [-0.2, -0.15) is 11.8 Å². The Balaban J connectivity index is 2.15. The number of amides is 1. The molecule has 29 heavy (non-hydrogen) atoms. The molecule has 1 atom stereocenters. The second kappa shape index (κ2) is 17.2. The number of alkyl carbamates (subject to hydrolysis) is 1. The highest BCUT2D eigenvalue weighted by Crippen LogP contribution is 2.13. The monoisotopic (exact) mass is 423 g/mol. The van der Waals surface area contributed by atoms with Gasteiger partial charge in [-0.3, -0.25) is 0 Å². The highest BCUT2D eigenvalue weighted by molar-refractivity contribution is 7.99. The minimum absolute atomic E-state index is 0.174. The van der Waals surface area contributed by atoms with Crippen LogP contribution in [-0.4, -0.2) is 36.7 Å². The molecule has 1 aromatic rings. The largest absolute Gasteiger partial charge is 0.467 e. The molecule has 0 aliphatic heterocycles. The molecule has 1 aromatic carbocycles. The van der Waals surface area contributed by atoms with Crippen LogP contribution in [0, 0.1) is 0 Å². The maximum atomic E-state index is 12.0. The van der Waals surface area contributed by atoms with Crippen molar-refractivity contribution in [3.05, 3.63) is 35.9 Å². The lowest BCUT2D eigenvalue weighted by Crippen LogP contribution is -2.42. The number of ether oxygens (including phenoxy) is 2. The Bertz CT molecular complexity index is 553. The third-order valence-electron chi connectivity index (χ3n) is 4.68. The summed E-state index contributed by atoms with van der Waals surface area (Å²) in [6, 6.07) is 8.77. The summed E-state index contributed by atoms with van der Waals surface area (Å²) in [7, 11) is 1.33. The maximum absolute atomic E-state index is 12.0. The smallest absolute Gasteiger partial charge is 0.408 e. The molecule has 0 radical (unpaired) electrons. The molecule has 1 rings (SSSR count). The molecule has 0 saturated carbocycles. The van der Waals surface area contributed by atoms with Crippen molar-refractivity contribution in [1.82, 2.24) is 5.32 Å². The molecule has 164 valence electrons. The first-order valence-corrected chi connectivity index (χ1v) is 12.0. The Labute approximate surface area is 180 Å². The lowest BCUT2D eigenvalue weighted by Gasteiger charge is -2.16. The molecule has 6 heteroatoms. The van der Waals surface area contributed by atoms with Gasteiger partial charge in [-0.05, 0) is 29.9 Å². The van der Waals surface area contributed by atoms with Crippen LogP contribution in [0.4, 0.5) is 4.79 Å². The number of hydrogen-bond acceptors (Lipinski definition) is 5. The van der Waals surface area contributed by atoms with Crippen LogP contribution in [0.15, 0.2) is 30.3 Å². The van der Waals surface area contributed by atoms with Crippen molar-refractivity contribution >= 4 is 23.8 Å². The fraction of sp³-hybridized carbons (Fsp3) is 0.652. The van der Waals surface area contributed by atoms with E-state index in [1.54, 1.807) is 0 Å². The molecule has 0 saturated heterocycles. The molecule has 0 heterocycles. The highest BCUT2D eigenvalue weighted by Gasteiger charge is 2.21. The molecule has 5 nitrogen and oxygen atoms in total. The topological polar surface area (TPSA) is 64.6 Å². The number of benzene rings is 1. The van der Waals surface area contributed by atoms with Gasteiger partial charge in [-0.25, -0.2) is 9.59 Å². The van der Waals surface area contributed by atoms with E-state index in [0.29, 0.717) is 6.42 Å². The fourth-order valence-electron chi connectivity index (χ4n) is 2.94. The average Bonchev–Trinajstić information content (AvgIpc) is 2.75. The Kier molecular flexibility index (Phi) is 15.0. The Hall–Kier alpha value is -1.69. The van der Waals surface area contributed by atoms with Crippen molar-refractivity contribution in [2.24, 2.45) is 0 Å². The third kappa shape index (κ3) is 13.2. The summed E-state index contributed by atoms with van der Waals surface area (Å²) in [4.78, 5) is 23.9. The van der Waals surface area contributed by atoms with E-state index in [9.17, 15) is 9.59 Å². The lowest BCUT2D eigenvalue weighted by atomic mass is 10.1. The van der Waals surface area contributed by atoms with Gasteiger partial charge in [0.25, 0.3) is 0 Å². The third-order valence-corrected chi connectivity index (χ3v) is 5.79. The van der Waals surface area contributed by atoms with Crippen LogP contribution in [0.5, 0.6) is 0 Å². The summed E-state index contributed by atoms with van der Waals surface area (Å²) in [5.41, 5.74) is 0.901. The predicted octanol–water partition coefficient (Wildman–Crippen LogP) is 5.72. The SMILES string of the molecule is CCCCCCCCCCSCC[C@H](NC(=O)OCc1ccccc1)C(=O)OC. The second-order valence-electron chi connectivity index (χ2n) is 7.16. The van der Waals surface area contributed by atoms with E-state index in [0.717, 1.165) is 17.1 Å². The quantitative estimate of drug-likeness (QED) is 0.272. The number of methoxy groups -OCH3 is 1. The van der Waals surface area contributed by atoms with Gasteiger partial charge >= 0.3 is 12.1 Å². The van der Waals surface area contributed by atoms with Crippen LogP contribution in [0.2, 0.25) is 0 Å². The number of esters is 1. The van der Waals surface area contributed by atoms with Gasteiger partial charge in [-0.15, -0.1) is 0 Å². The van der Waals surface area contributed by atoms with E-state index in [1.165, 1.54) is 58.5 Å². The van der Waals surface area contributed by atoms with Crippen LogP contribution in [0.1, 0.15) is 70.3 Å². The summed E-state index contributed by atoms with van der Waals surface area (Å²) in [5.74, 6) is 1.45. The summed E-state index contributed by atoms with van der Waals surface area (Å²) < 4.78 is 10.0. The van der Waals surface area contributed by atoms with E-state index in [2.05, 4.69) is 12.2 Å². The molecule has 0 unspecified atom stereocenters. The van der Waals surface area contributed by atoms with Crippen molar-refractivity contribution < 1.29 is 19.1 Å². The van der Waals surface area contributed by atoms with Gasteiger partial charge < -0.3 is 14.8 Å². The molecule has 0 fully saturated rings. The Morgan fingerprint density at radius 3 is 2.28 bits per heavy atom. The summed E-state index contributed by atoms with van der Waals surface area (Å²) in [6.07, 6.45) is 10.4. The number of nitrogens with one attached hydrogen (secondary N) is 1. The number of thioether (sulfide) groups is 1. The second-order valence-corrected chi connectivity index (χ2v) is 8.38. The van der Waals surface area contributed by atoms with E-state index in [4.69, 9.17) is 9.47 Å². The predicted molar refractivity (Wildman–Crippen MR) is 120 cm³/mol. The van der Waals surface area contributed by atoms with Crippen molar-refractivity contribution in [3.63, 3.8) is 0 Å². The van der Waals surface area contributed by atoms with Crippen LogP contribution in [0.3, 0.4) is 0 Å². The first-order chi connectivity index (χ1) is 14.2. The zero-order valence-electron chi connectivity index (χ0n) is 18.0. The van der Waals surface area contributed by atoms with E-state index in [-0.39, 0.29) is 6.61 Å². The molecule has 1 N–H and O–H groups in total. The molecular formula is C23H37NO4S. The first kappa shape index (κ1) is 25.3. The lowest BCUT2D eigenvalue weighted by molar-refractivity contribution is -0.143. The van der Waals surface area contributed by atoms with Crippen LogP contribution in [-0.2, 0) is 20.9 Å². The standard InChI is InChI=1S/C23H37NO4S/c1-3-4-5-6-7-8-9-13-17-29-18-16-21(22(25)27-2)24-23(26)28-19-20-14-11-10-12-15-20/h10-12,14-15,21H,3-9,13,16-19H2,1-2H3,(H,24,26)/t21-/m0/s1. The van der Waals surface area contributed by atoms with Gasteiger partial charge in [-0.1, -0.05) is 82.2 Å². The zero-order valence-corrected chi connectivity index (χ0v) is 18.8. The molecule has 1 amide bonds. The summed E-state index contributed by atoms with van der Waals surface area (Å²) in [6.45, 7) is 2.42. The van der Waals surface area contributed by atoms with Crippen molar-refractivity contribution in [1.29, 1.82) is 0 Å². The van der Waals surface area contributed by atoms with Crippen molar-refractivity contribution in [3.8, 4) is 0 Å². The average molecular weight is 424 g/mol. The van der Waals surface area contributed by atoms with E-state index < -0.39 is 18.1 Å². The molecule has 0 aromatic heterocycles. The van der Waals surface area contributed by atoms with E-state index in [1.807, 2.05) is 42.1 Å². The minimum atomic E-state index is -0.672. The number of hydrogen-bond donors (Lipinski definition) is 1. The van der Waals surface area contributed by atoms with Crippen LogP contribution in [0.25, 0.3) is 0 Å². The first-order valence-electron chi connectivity index (χ1n) is 10.8. The molecular weight excluding hydrogens is 386 g/mol. The number of carbonyl (C=O) groups excluding carboxylic acids is 2. The summed E-state index contributed by atoms with van der Waals surface area (Å²) >= 11 is 1.82. The maximum Gasteiger partial charge on any atom is 0.408 e. The minimum Gasteiger partial charge on any atom is -0.467 e. The molecule has 0 aliphatic carbocycles. The molecule has 0 bridgehead atoms. The fourth-order valence-corrected chi connectivity index (χ4v) is 3.95. The van der Waals surface area contributed by atoms with Crippen LogP contribution < -0.4 is 5.32 Å².